The van der Waals surface area contributed by atoms with E-state index in [1.807, 2.05) is 0 Å². The molecule has 4 N–H and O–H groups in total. The maximum atomic E-state index is 5.51. The van der Waals surface area contributed by atoms with Gasteiger partial charge in [-0.2, -0.15) is 0 Å². The summed E-state index contributed by atoms with van der Waals surface area (Å²) in [4.78, 5) is 10.2. The smallest absolute Gasteiger partial charge is 0.0105 e. The summed E-state index contributed by atoms with van der Waals surface area (Å²) in [7, 11) is 0. The Hall–Kier alpha value is -0.240. The van der Waals surface area contributed by atoms with E-state index < -0.39 is 0 Å². The first-order chi connectivity index (χ1) is 21.5. The average molecular weight is 641 g/mol. The van der Waals surface area contributed by atoms with Crippen LogP contribution in [-0.2, 0) is 0 Å². The molecule has 0 aromatic rings. The second-order valence-corrected chi connectivity index (χ2v) is 15.9. The second kappa shape index (κ2) is 25.7. The number of hydrogen-bond acceptors (Lipinski definition) is 6. The SMILES string of the molecule is CC(C)C1CCN(CCCN)CC1.CC(C)C1CCN(CCN)CC1.CCC(C)N1CCC[C@H](C)C1.CCN1CCC[C@H](C)C1.[HH].[HH]. The van der Waals surface area contributed by atoms with Gasteiger partial charge in [0.1, 0.15) is 0 Å². The van der Waals surface area contributed by atoms with Crippen LogP contribution in [0.5, 0.6) is 0 Å². The molecule has 6 heteroatoms. The third kappa shape index (κ3) is 19.4. The van der Waals surface area contributed by atoms with Gasteiger partial charge in [0, 0.05) is 35.1 Å². The summed E-state index contributed by atoms with van der Waals surface area (Å²) in [5.74, 6) is 5.53. The van der Waals surface area contributed by atoms with Crippen LogP contribution in [0, 0.1) is 35.5 Å². The predicted octanol–water partition coefficient (Wildman–Crippen LogP) is 7.76. The quantitative estimate of drug-likeness (QED) is 0.254. The molecule has 4 aliphatic heterocycles. The van der Waals surface area contributed by atoms with Gasteiger partial charge in [0.15, 0.2) is 0 Å². The third-order valence-corrected chi connectivity index (χ3v) is 11.4. The normalized spacial score (nSPS) is 25.5. The van der Waals surface area contributed by atoms with Crippen molar-refractivity contribution in [3.63, 3.8) is 0 Å². The summed E-state index contributed by atoms with van der Waals surface area (Å²) in [6.07, 6.45) is 13.7. The lowest BCUT2D eigenvalue weighted by atomic mass is 9.87. The predicted molar refractivity (Wildman–Crippen MR) is 205 cm³/mol. The van der Waals surface area contributed by atoms with Crippen molar-refractivity contribution in [3.05, 3.63) is 0 Å². The van der Waals surface area contributed by atoms with Gasteiger partial charge < -0.3 is 31.1 Å². The number of rotatable bonds is 10. The fourth-order valence-corrected chi connectivity index (χ4v) is 7.64. The van der Waals surface area contributed by atoms with Gasteiger partial charge in [0.05, 0.1) is 0 Å². The molecule has 0 amide bonds. The molecule has 45 heavy (non-hydrogen) atoms. The van der Waals surface area contributed by atoms with Gasteiger partial charge in [-0.15, -0.1) is 0 Å². The Morgan fingerprint density at radius 2 is 1.09 bits per heavy atom. The molecule has 4 heterocycles. The molecule has 6 nitrogen and oxygen atoms in total. The van der Waals surface area contributed by atoms with Gasteiger partial charge in [-0.3, -0.25) is 0 Å². The number of likely N-dealkylation sites (tertiary alicyclic amines) is 4. The van der Waals surface area contributed by atoms with E-state index in [0.717, 1.165) is 67.6 Å². The number of piperidine rings is 4. The highest BCUT2D eigenvalue weighted by Crippen LogP contribution is 2.25. The number of nitrogens with two attached hydrogens (primary N) is 2. The van der Waals surface area contributed by atoms with Crippen LogP contribution < -0.4 is 11.5 Å². The van der Waals surface area contributed by atoms with E-state index in [2.05, 4.69) is 81.9 Å². The Labute approximate surface area is 286 Å². The molecule has 0 spiro atoms. The van der Waals surface area contributed by atoms with Crippen molar-refractivity contribution < 1.29 is 2.85 Å². The largest absolute Gasteiger partial charge is 0.330 e. The standard InChI is InChI=1S/C11H24N2.C10H22N2.C10H21N.C8H17N.2H2/c1-10(2)11-4-8-13(9-5-11)7-3-6-12;1-9(2)10-3-6-12(7-4-10)8-5-11;1-4-10(3)11-7-5-6-9(2)8-11;1-3-9-6-4-5-8(2)7-9;;/h10-11H,3-9,12H2,1-2H3;9-10H,3-8,11H2,1-2H3;9-10H,4-8H2,1-3H3;8H,3-7H2,1-2H3;2*1H/t;;9-,10?;8-;;/m..00../s1. The Morgan fingerprint density at radius 1 is 0.600 bits per heavy atom. The molecule has 0 saturated carbocycles. The van der Waals surface area contributed by atoms with Gasteiger partial charge in [-0.05, 0) is 166 Å². The lowest BCUT2D eigenvalue weighted by molar-refractivity contribution is 0.136. The number of hydrogen-bond donors (Lipinski definition) is 2. The lowest BCUT2D eigenvalue weighted by Gasteiger charge is -2.35. The minimum Gasteiger partial charge on any atom is -0.330 e. The summed E-state index contributed by atoms with van der Waals surface area (Å²) in [6, 6.07) is 0.803. The lowest BCUT2D eigenvalue weighted by Crippen LogP contribution is -2.40. The van der Waals surface area contributed by atoms with E-state index in [9.17, 15) is 0 Å². The molecule has 274 valence electrons. The molecule has 0 aromatic carbocycles. The van der Waals surface area contributed by atoms with E-state index in [-0.39, 0.29) is 2.85 Å². The van der Waals surface area contributed by atoms with Gasteiger partial charge in [-0.1, -0.05) is 55.4 Å². The van der Waals surface area contributed by atoms with Gasteiger partial charge in [0.2, 0.25) is 0 Å². The van der Waals surface area contributed by atoms with Crippen LogP contribution in [0.3, 0.4) is 0 Å². The highest BCUT2D eigenvalue weighted by atomic mass is 15.2. The van der Waals surface area contributed by atoms with Crippen LogP contribution in [0.15, 0.2) is 0 Å². The third-order valence-electron chi connectivity index (χ3n) is 11.4. The summed E-state index contributed by atoms with van der Waals surface area (Å²) in [5.41, 5.74) is 11.0. The van der Waals surface area contributed by atoms with Crippen LogP contribution >= 0.6 is 0 Å². The zero-order valence-electron chi connectivity index (χ0n) is 32.2. The summed E-state index contributed by atoms with van der Waals surface area (Å²) < 4.78 is 0. The molecule has 0 aliphatic carbocycles. The Balaban J connectivity index is 0. The van der Waals surface area contributed by atoms with Gasteiger partial charge in [-0.25, -0.2) is 0 Å². The minimum absolute atomic E-state index is 0. The highest BCUT2D eigenvalue weighted by Gasteiger charge is 2.22. The summed E-state index contributed by atoms with van der Waals surface area (Å²) >= 11 is 0. The fourth-order valence-electron chi connectivity index (χ4n) is 7.64. The topological polar surface area (TPSA) is 65.0 Å². The minimum atomic E-state index is 0. The van der Waals surface area contributed by atoms with Gasteiger partial charge >= 0.3 is 0 Å². The van der Waals surface area contributed by atoms with Crippen LogP contribution in [-0.4, -0.2) is 111 Å². The Kier molecular flexibility index (Phi) is 24.5. The van der Waals surface area contributed by atoms with Crippen molar-refractivity contribution in [1.29, 1.82) is 0 Å². The van der Waals surface area contributed by atoms with Crippen molar-refractivity contribution >= 4 is 0 Å². The van der Waals surface area contributed by atoms with Crippen LogP contribution in [0.2, 0.25) is 0 Å². The van der Waals surface area contributed by atoms with Crippen molar-refractivity contribution in [2.45, 2.75) is 133 Å². The molecule has 1 unspecified atom stereocenters. The van der Waals surface area contributed by atoms with E-state index >= 15 is 0 Å². The molecule has 4 fully saturated rings. The summed E-state index contributed by atoms with van der Waals surface area (Å²) in [6.45, 7) is 36.6. The molecule has 4 aliphatic rings. The first-order valence-electron chi connectivity index (χ1n) is 19.8. The Bertz CT molecular complexity index is 668. The van der Waals surface area contributed by atoms with E-state index in [1.54, 1.807) is 0 Å². The Morgan fingerprint density at radius 3 is 1.47 bits per heavy atom. The van der Waals surface area contributed by atoms with Crippen molar-refractivity contribution in [2.24, 2.45) is 47.0 Å². The zero-order valence-corrected chi connectivity index (χ0v) is 32.2. The molecule has 0 bridgehead atoms. The number of nitrogens with zero attached hydrogens (tertiary/aromatic N) is 4. The van der Waals surface area contributed by atoms with Crippen molar-refractivity contribution in [1.82, 2.24) is 19.6 Å². The van der Waals surface area contributed by atoms with Crippen LogP contribution in [0.25, 0.3) is 0 Å². The van der Waals surface area contributed by atoms with Crippen molar-refractivity contribution in [3.8, 4) is 0 Å². The van der Waals surface area contributed by atoms with Crippen LogP contribution in [0.4, 0.5) is 0 Å². The van der Waals surface area contributed by atoms with E-state index in [0.29, 0.717) is 0 Å². The molecule has 4 saturated heterocycles. The average Bonchev–Trinajstić information content (AvgIpc) is 3.05. The van der Waals surface area contributed by atoms with Gasteiger partial charge in [0.25, 0.3) is 0 Å². The first kappa shape index (κ1) is 42.8. The van der Waals surface area contributed by atoms with Crippen LogP contribution in [0.1, 0.15) is 129 Å². The van der Waals surface area contributed by atoms with E-state index in [1.165, 1.54) is 123 Å². The van der Waals surface area contributed by atoms with E-state index in [4.69, 9.17) is 11.5 Å². The molecule has 3 atom stereocenters. The molecular weight excluding hydrogens is 552 g/mol. The molecule has 0 aromatic heterocycles. The molecule has 0 radical (unpaired) electrons. The second-order valence-electron chi connectivity index (χ2n) is 15.9. The molecular formula is C39H88N6. The first-order valence-corrected chi connectivity index (χ1v) is 19.8. The summed E-state index contributed by atoms with van der Waals surface area (Å²) in [5, 5.41) is 0. The maximum absolute atomic E-state index is 5.51. The highest BCUT2D eigenvalue weighted by molar-refractivity contribution is 4.76. The van der Waals surface area contributed by atoms with Crippen molar-refractivity contribution in [2.75, 3.05) is 85.1 Å². The maximum Gasteiger partial charge on any atom is 0.0105 e. The fraction of sp³-hybridized carbons (Fsp3) is 1.00. The molecule has 4 rings (SSSR count). The zero-order chi connectivity index (χ0) is 33.6. The monoisotopic (exact) mass is 641 g/mol.